The summed E-state index contributed by atoms with van der Waals surface area (Å²) in [6.07, 6.45) is 1.81. The monoisotopic (exact) mass is 282 g/mol. The molecule has 2 rings (SSSR count). The Kier molecular flexibility index (Phi) is 4.16. The molecule has 0 atom stereocenters. The average Bonchev–Trinajstić information content (AvgIpc) is 2.94. The lowest BCUT2D eigenvalue weighted by atomic mass is 10.3. The third kappa shape index (κ3) is 3.11. The predicted molar refractivity (Wildman–Crippen MR) is 68.6 cm³/mol. The molecule has 0 spiro atoms. The van der Waals surface area contributed by atoms with Gasteiger partial charge in [0.15, 0.2) is 4.88 Å². The quantitative estimate of drug-likeness (QED) is 0.876. The minimum atomic E-state index is -0.975. The van der Waals surface area contributed by atoms with E-state index in [1.807, 2.05) is 6.92 Å². The maximum absolute atomic E-state index is 11.2. The van der Waals surface area contributed by atoms with Gasteiger partial charge < -0.3 is 9.84 Å². The lowest BCUT2D eigenvalue weighted by Gasteiger charge is -2.02. The number of carbonyl (C=O) groups is 1. The van der Waals surface area contributed by atoms with Crippen LogP contribution < -0.4 is 4.74 Å². The number of hydrogen-bond donors (Lipinski definition) is 1. The Morgan fingerprint density at radius 2 is 2.32 bits per heavy atom. The Bertz CT molecular complexity index is 576. The summed E-state index contributed by atoms with van der Waals surface area (Å²) in [5.74, 6) is -0.597. The van der Waals surface area contributed by atoms with Crippen molar-refractivity contribution in [2.75, 3.05) is 0 Å². The van der Waals surface area contributed by atoms with Crippen LogP contribution in [0.25, 0.3) is 0 Å². The number of aromatic carboxylic acids is 1. The van der Waals surface area contributed by atoms with Crippen LogP contribution in [0.4, 0.5) is 0 Å². The Morgan fingerprint density at radius 1 is 1.53 bits per heavy atom. The van der Waals surface area contributed by atoms with Crippen LogP contribution in [0.5, 0.6) is 5.75 Å². The van der Waals surface area contributed by atoms with Gasteiger partial charge in [-0.15, -0.1) is 11.3 Å². The number of thiophene rings is 1. The van der Waals surface area contributed by atoms with E-state index in [1.54, 1.807) is 13.0 Å². The van der Waals surface area contributed by atoms with E-state index in [1.165, 1.54) is 11.3 Å². The summed E-state index contributed by atoms with van der Waals surface area (Å²) >= 11 is 1.25. The Morgan fingerprint density at radius 3 is 2.89 bits per heavy atom. The molecular formula is C12H14N2O4S. The van der Waals surface area contributed by atoms with Crippen molar-refractivity contribution in [2.24, 2.45) is 0 Å². The maximum atomic E-state index is 11.2. The van der Waals surface area contributed by atoms with Crippen molar-refractivity contribution < 1.29 is 19.3 Å². The lowest BCUT2D eigenvalue weighted by Crippen LogP contribution is -2.01. The first kappa shape index (κ1) is 13.5. The number of carboxylic acid groups (broad SMARTS) is 1. The van der Waals surface area contributed by atoms with Crippen LogP contribution in [0.15, 0.2) is 10.7 Å². The van der Waals surface area contributed by atoms with E-state index in [9.17, 15) is 4.79 Å². The second-order valence-corrected chi connectivity index (χ2v) is 5.18. The van der Waals surface area contributed by atoms with Gasteiger partial charge in [-0.2, -0.15) is 0 Å². The van der Waals surface area contributed by atoms with E-state index in [0.29, 0.717) is 17.1 Å². The second-order valence-electron chi connectivity index (χ2n) is 4.05. The first-order valence-corrected chi connectivity index (χ1v) is 6.70. The van der Waals surface area contributed by atoms with Gasteiger partial charge in [0.25, 0.3) is 0 Å². The number of aryl methyl sites for hydroxylation is 2. The molecule has 0 aliphatic rings. The molecule has 0 amide bonds. The number of ether oxygens (including phenoxy) is 1. The van der Waals surface area contributed by atoms with Crippen molar-refractivity contribution in [1.82, 2.24) is 10.3 Å². The molecular weight excluding hydrogens is 268 g/mol. The molecule has 19 heavy (non-hydrogen) atoms. The first-order chi connectivity index (χ1) is 9.11. The van der Waals surface area contributed by atoms with Gasteiger partial charge in [0, 0.05) is 4.88 Å². The van der Waals surface area contributed by atoms with Gasteiger partial charge in [-0.1, -0.05) is 23.7 Å². The second kappa shape index (κ2) is 5.83. The van der Waals surface area contributed by atoms with E-state index >= 15 is 0 Å². The maximum Gasteiger partial charge on any atom is 0.349 e. The van der Waals surface area contributed by atoms with Gasteiger partial charge >= 0.3 is 5.97 Å². The highest BCUT2D eigenvalue weighted by Gasteiger charge is 2.17. The van der Waals surface area contributed by atoms with Crippen LogP contribution in [0, 0.1) is 6.92 Å². The Labute approximate surface area is 114 Å². The molecule has 0 saturated heterocycles. The highest BCUT2D eigenvalue weighted by atomic mass is 32.1. The average molecular weight is 282 g/mol. The van der Waals surface area contributed by atoms with E-state index in [0.717, 1.165) is 17.7 Å². The molecule has 102 valence electrons. The fourth-order valence-corrected chi connectivity index (χ4v) is 2.62. The molecule has 0 aliphatic carbocycles. The fourth-order valence-electron chi connectivity index (χ4n) is 1.58. The van der Waals surface area contributed by atoms with Crippen molar-refractivity contribution in [3.63, 3.8) is 0 Å². The minimum Gasteiger partial charge on any atom is -0.485 e. The molecule has 0 aliphatic heterocycles. The molecule has 0 saturated carbocycles. The third-order valence-electron chi connectivity index (χ3n) is 2.55. The summed E-state index contributed by atoms with van der Waals surface area (Å²) in [5, 5.41) is 16.5. The van der Waals surface area contributed by atoms with E-state index in [4.69, 9.17) is 9.84 Å². The van der Waals surface area contributed by atoms with E-state index in [2.05, 4.69) is 14.9 Å². The number of nitrogens with zero attached hydrogens (tertiary/aromatic N) is 2. The van der Waals surface area contributed by atoms with E-state index in [-0.39, 0.29) is 11.5 Å². The smallest absolute Gasteiger partial charge is 0.349 e. The highest BCUT2D eigenvalue weighted by Crippen LogP contribution is 2.31. The van der Waals surface area contributed by atoms with Crippen molar-refractivity contribution in [2.45, 2.75) is 33.3 Å². The van der Waals surface area contributed by atoms with Gasteiger partial charge in [0.05, 0.1) is 0 Å². The van der Waals surface area contributed by atoms with Crippen LogP contribution in [0.1, 0.15) is 39.3 Å². The molecule has 0 radical (unpaired) electrons. The van der Waals surface area contributed by atoms with Gasteiger partial charge in [0.1, 0.15) is 23.7 Å². The lowest BCUT2D eigenvalue weighted by molar-refractivity contribution is 0.0697. The van der Waals surface area contributed by atoms with Gasteiger partial charge in [-0.25, -0.2) is 9.42 Å². The first-order valence-electron chi connectivity index (χ1n) is 5.88. The summed E-state index contributed by atoms with van der Waals surface area (Å²) in [4.78, 5) is 12.4. The third-order valence-corrected chi connectivity index (χ3v) is 3.71. The largest absolute Gasteiger partial charge is 0.485 e. The van der Waals surface area contributed by atoms with Crippen LogP contribution in [0.2, 0.25) is 0 Å². The van der Waals surface area contributed by atoms with Crippen LogP contribution in [-0.4, -0.2) is 21.4 Å². The molecule has 0 unspecified atom stereocenters. The van der Waals surface area contributed by atoms with Crippen LogP contribution in [0.3, 0.4) is 0 Å². The molecule has 1 N–H and O–H groups in total. The molecule has 2 aromatic rings. The summed E-state index contributed by atoms with van der Waals surface area (Å²) in [5.41, 5.74) is 1.21. The van der Waals surface area contributed by atoms with Crippen molar-refractivity contribution in [3.8, 4) is 5.75 Å². The molecule has 0 aromatic carbocycles. The SMILES string of the molecule is CCCc1cc(OCc2nonc2C)c(C(=O)O)s1. The van der Waals surface area contributed by atoms with Crippen LogP contribution in [-0.2, 0) is 13.0 Å². The van der Waals surface area contributed by atoms with Crippen molar-refractivity contribution in [3.05, 3.63) is 27.2 Å². The number of rotatable bonds is 6. The van der Waals surface area contributed by atoms with Crippen molar-refractivity contribution in [1.29, 1.82) is 0 Å². The van der Waals surface area contributed by atoms with Gasteiger partial charge in [-0.05, 0) is 19.4 Å². The molecule has 2 heterocycles. The van der Waals surface area contributed by atoms with Crippen LogP contribution >= 0.6 is 11.3 Å². The standard InChI is InChI=1S/C12H14N2O4S/c1-3-4-8-5-10(11(19-8)12(15)16)17-6-9-7(2)13-18-14-9/h5H,3-4,6H2,1-2H3,(H,15,16). The summed E-state index contributed by atoms with van der Waals surface area (Å²) in [6, 6.07) is 1.78. The molecule has 0 bridgehead atoms. The molecule has 0 fully saturated rings. The molecule has 7 heteroatoms. The summed E-state index contributed by atoms with van der Waals surface area (Å²) in [7, 11) is 0. The Balaban J connectivity index is 2.14. The number of aromatic nitrogens is 2. The summed E-state index contributed by atoms with van der Waals surface area (Å²) < 4.78 is 10.1. The van der Waals surface area contributed by atoms with E-state index < -0.39 is 5.97 Å². The topological polar surface area (TPSA) is 85.5 Å². The molecule has 2 aromatic heterocycles. The highest BCUT2D eigenvalue weighted by molar-refractivity contribution is 7.14. The van der Waals surface area contributed by atoms with Gasteiger partial charge in [0.2, 0.25) is 0 Å². The normalized spacial score (nSPS) is 10.6. The Hall–Kier alpha value is -1.89. The minimum absolute atomic E-state index is 0.151. The fraction of sp³-hybridized carbons (Fsp3) is 0.417. The molecule has 6 nitrogen and oxygen atoms in total. The zero-order valence-electron chi connectivity index (χ0n) is 10.7. The predicted octanol–water partition coefficient (Wildman–Crippen LogP) is 2.67. The van der Waals surface area contributed by atoms with Crippen molar-refractivity contribution >= 4 is 17.3 Å². The zero-order chi connectivity index (χ0) is 13.8. The van der Waals surface area contributed by atoms with Gasteiger partial charge in [-0.3, -0.25) is 0 Å². The zero-order valence-corrected chi connectivity index (χ0v) is 11.5. The number of carboxylic acids is 1. The summed E-state index contributed by atoms with van der Waals surface area (Å²) in [6.45, 7) is 3.95. The number of hydrogen-bond acceptors (Lipinski definition) is 6.